The largest absolute Gasteiger partial charge is 0.497 e. The van der Waals surface area contributed by atoms with Crippen LogP contribution < -0.4 is 10.1 Å². The quantitative estimate of drug-likeness (QED) is 0.933. The van der Waals surface area contributed by atoms with Gasteiger partial charge in [0.05, 0.1) is 18.4 Å². The molecule has 0 spiro atoms. The maximum absolute atomic E-state index is 13.7. The van der Waals surface area contributed by atoms with E-state index in [4.69, 9.17) is 21.6 Å². The van der Waals surface area contributed by atoms with Crippen LogP contribution in [0.1, 0.15) is 5.56 Å². The minimum Gasteiger partial charge on any atom is -0.497 e. The fourth-order valence-corrected chi connectivity index (χ4v) is 1.67. The first-order valence-electron chi connectivity index (χ1n) is 5.31. The average Bonchev–Trinajstić information content (AvgIpc) is 2.43. The number of rotatable bonds is 3. The van der Waals surface area contributed by atoms with Crippen molar-refractivity contribution in [3.8, 4) is 11.8 Å². The van der Waals surface area contributed by atoms with E-state index in [0.29, 0.717) is 5.75 Å². The third-order valence-corrected chi connectivity index (χ3v) is 2.82. The van der Waals surface area contributed by atoms with E-state index in [2.05, 4.69) is 10.3 Å². The molecule has 4 nitrogen and oxygen atoms in total. The Morgan fingerprint density at radius 3 is 2.89 bits per heavy atom. The molecule has 0 saturated heterocycles. The van der Waals surface area contributed by atoms with Gasteiger partial charge in [-0.3, -0.25) is 0 Å². The van der Waals surface area contributed by atoms with Crippen molar-refractivity contribution in [1.82, 2.24) is 4.98 Å². The lowest BCUT2D eigenvalue weighted by Crippen LogP contribution is -1.98. The van der Waals surface area contributed by atoms with Gasteiger partial charge in [0.1, 0.15) is 22.7 Å². The van der Waals surface area contributed by atoms with Gasteiger partial charge in [0.15, 0.2) is 5.82 Å². The summed E-state index contributed by atoms with van der Waals surface area (Å²) < 4.78 is 18.7. The normalized spacial score (nSPS) is 9.79. The number of methoxy groups -OCH3 is 1. The SMILES string of the molecule is COc1ccc(F)c(Nc2nccc(C#N)c2Cl)c1. The number of benzene rings is 1. The maximum Gasteiger partial charge on any atom is 0.150 e. The number of nitriles is 1. The van der Waals surface area contributed by atoms with E-state index >= 15 is 0 Å². The first-order valence-corrected chi connectivity index (χ1v) is 5.68. The summed E-state index contributed by atoms with van der Waals surface area (Å²) in [7, 11) is 1.48. The number of nitrogens with zero attached hydrogens (tertiary/aromatic N) is 2. The third kappa shape index (κ3) is 2.75. The van der Waals surface area contributed by atoms with Gasteiger partial charge in [0, 0.05) is 12.3 Å². The second-order valence-corrected chi connectivity index (χ2v) is 3.98. The Kier molecular flexibility index (Phi) is 3.83. The molecule has 2 aromatic rings. The molecule has 0 fully saturated rings. The standard InChI is InChI=1S/C13H9ClFN3O/c1-19-9-2-3-10(15)11(6-9)18-13-12(14)8(7-16)4-5-17-13/h2-6H,1H3,(H,17,18). The third-order valence-electron chi connectivity index (χ3n) is 2.44. The number of nitrogens with one attached hydrogen (secondary N) is 1. The molecule has 0 bridgehead atoms. The van der Waals surface area contributed by atoms with Gasteiger partial charge >= 0.3 is 0 Å². The molecular weight excluding hydrogens is 269 g/mol. The van der Waals surface area contributed by atoms with Crippen LogP contribution in [0.5, 0.6) is 5.75 Å². The molecule has 0 aliphatic heterocycles. The Morgan fingerprint density at radius 2 is 2.21 bits per heavy atom. The van der Waals surface area contributed by atoms with E-state index in [1.165, 1.54) is 37.6 Å². The summed E-state index contributed by atoms with van der Waals surface area (Å²) in [5.41, 5.74) is 0.436. The molecule has 1 aromatic heterocycles. The number of halogens is 2. The Labute approximate surface area is 114 Å². The van der Waals surface area contributed by atoms with E-state index < -0.39 is 5.82 Å². The Balaban J connectivity index is 2.39. The van der Waals surface area contributed by atoms with Crippen LogP contribution in [0.25, 0.3) is 0 Å². The molecule has 19 heavy (non-hydrogen) atoms. The van der Waals surface area contributed by atoms with Gasteiger partial charge in [0.2, 0.25) is 0 Å². The lowest BCUT2D eigenvalue weighted by Gasteiger charge is -2.10. The van der Waals surface area contributed by atoms with Crippen LogP contribution in [-0.2, 0) is 0 Å². The predicted molar refractivity (Wildman–Crippen MR) is 70.2 cm³/mol. The van der Waals surface area contributed by atoms with Gasteiger partial charge in [-0.2, -0.15) is 5.26 Å². The maximum atomic E-state index is 13.7. The molecule has 0 amide bonds. The first-order chi connectivity index (χ1) is 9.15. The van der Waals surface area contributed by atoms with Gasteiger partial charge in [-0.25, -0.2) is 9.37 Å². The number of anilines is 2. The van der Waals surface area contributed by atoms with Crippen molar-refractivity contribution < 1.29 is 9.13 Å². The van der Waals surface area contributed by atoms with Gasteiger partial charge in [-0.05, 0) is 18.2 Å². The summed E-state index contributed by atoms with van der Waals surface area (Å²) >= 11 is 5.98. The van der Waals surface area contributed by atoms with Crippen molar-refractivity contribution in [2.24, 2.45) is 0 Å². The van der Waals surface area contributed by atoms with Crippen LogP contribution in [-0.4, -0.2) is 12.1 Å². The van der Waals surface area contributed by atoms with E-state index in [-0.39, 0.29) is 22.1 Å². The van der Waals surface area contributed by atoms with Crippen LogP contribution in [0.4, 0.5) is 15.9 Å². The molecule has 2 rings (SSSR count). The van der Waals surface area contributed by atoms with Crippen molar-refractivity contribution in [2.75, 3.05) is 12.4 Å². The highest BCUT2D eigenvalue weighted by atomic mass is 35.5. The molecule has 0 unspecified atom stereocenters. The molecule has 0 aliphatic rings. The van der Waals surface area contributed by atoms with Crippen LogP contribution in [0, 0.1) is 17.1 Å². The Hall–Kier alpha value is -2.32. The Bertz CT molecular complexity index is 655. The molecule has 0 aliphatic carbocycles. The molecule has 6 heteroatoms. The molecule has 0 saturated carbocycles. The second-order valence-electron chi connectivity index (χ2n) is 3.60. The first kappa shape index (κ1) is 13.1. The zero-order valence-corrected chi connectivity index (χ0v) is 10.7. The monoisotopic (exact) mass is 277 g/mol. The zero-order valence-electron chi connectivity index (χ0n) is 9.95. The summed E-state index contributed by atoms with van der Waals surface area (Å²) in [5, 5.41) is 11.7. The van der Waals surface area contributed by atoms with Crippen molar-refractivity contribution in [3.63, 3.8) is 0 Å². The number of aromatic nitrogens is 1. The summed E-state index contributed by atoms with van der Waals surface area (Å²) in [4.78, 5) is 3.98. The van der Waals surface area contributed by atoms with E-state index in [1.54, 1.807) is 0 Å². The lowest BCUT2D eigenvalue weighted by molar-refractivity contribution is 0.414. The fourth-order valence-electron chi connectivity index (χ4n) is 1.47. The number of hydrogen-bond acceptors (Lipinski definition) is 4. The van der Waals surface area contributed by atoms with Crippen molar-refractivity contribution in [2.45, 2.75) is 0 Å². The predicted octanol–water partition coefficient (Wildman–Crippen LogP) is 3.50. The smallest absolute Gasteiger partial charge is 0.150 e. The number of ether oxygens (including phenoxy) is 1. The van der Waals surface area contributed by atoms with E-state index in [1.807, 2.05) is 6.07 Å². The summed E-state index contributed by atoms with van der Waals surface area (Å²) in [6.07, 6.45) is 1.42. The molecule has 1 heterocycles. The molecular formula is C13H9ClFN3O. The van der Waals surface area contributed by atoms with E-state index in [0.717, 1.165) is 0 Å². The topological polar surface area (TPSA) is 57.9 Å². The van der Waals surface area contributed by atoms with Gasteiger partial charge in [0.25, 0.3) is 0 Å². The highest BCUT2D eigenvalue weighted by Crippen LogP contribution is 2.29. The summed E-state index contributed by atoms with van der Waals surface area (Å²) in [5.74, 6) is 0.241. The van der Waals surface area contributed by atoms with Crippen molar-refractivity contribution in [3.05, 3.63) is 46.9 Å². The molecule has 0 radical (unpaired) electrons. The number of hydrogen-bond donors (Lipinski definition) is 1. The fraction of sp³-hybridized carbons (Fsp3) is 0.0769. The van der Waals surface area contributed by atoms with Crippen LogP contribution >= 0.6 is 11.6 Å². The van der Waals surface area contributed by atoms with Gasteiger partial charge in [-0.1, -0.05) is 11.6 Å². The number of pyridine rings is 1. The highest BCUT2D eigenvalue weighted by Gasteiger charge is 2.10. The second kappa shape index (κ2) is 5.55. The Morgan fingerprint density at radius 1 is 1.42 bits per heavy atom. The highest BCUT2D eigenvalue weighted by molar-refractivity contribution is 6.34. The zero-order chi connectivity index (χ0) is 13.8. The minimum absolute atomic E-state index is 0.146. The van der Waals surface area contributed by atoms with Crippen LogP contribution in [0.3, 0.4) is 0 Å². The van der Waals surface area contributed by atoms with Crippen molar-refractivity contribution in [1.29, 1.82) is 5.26 Å². The molecule has 1 aromatic carbocycles. The van der Waals surface area contributed by atoms with Crippen LogP contribution in [0.2, 0.25) is 5.02 Å². The molecule has 96 valence electrons. The van der Waals surface area contributed by atoms with Gasteiger partial charge in [-0.15, -0.1) is 0 Å². The van der Waals surface area contributed by atoms with Crippen molar-refractivity contribution >= 4 is 23.1 Å². The summed E-state index contributed by atoms with van der Waals surface area (Å²) in [6, 6.07) is 7.66. The molecule has 0 atom stereocenters. The van der Waals surface area contributed by atoms with Gasteiger partial charge < -0.3 is 10.1 Å². The molecule has 1 N–H and O–H groups in total. The van der Waals surface area contributed by atoms with E-state index in [9.17, 15) is 4.39 Å². The lowest BCUT2D eigenvalue weighted by atomic mass is 10.2. The minimum atomic E-state index is -0.471. The summed E-state index contributed by atoms with van der Waals surface area (Å²) in [6.45, 7) is 0. The van der Waals surface area contributed by atoms with Crippen LogP contribution in [0.15, 0.2) is 30.5 Å². The average molecular weight is 278 g/mol.